The Morgan fingerprint density at radius 2 is 2.00 bits per heavy atom. The van der Waals surface area contributed by atoms with E-state index in [9.17, 15) is 0 Å². The molecule has 6 nitrogen and oxygen atoms in total. The van der Waals surface area contributed by atoms with Crippen LogP contribution in [0.4, 0.5) is 0 Å². The molecule has 0 amide bonds. The lowest BCUT2D eigenvalue weighted by Crippen LogP contribution is -2.48. The van der Waals surface area contributed by atoms with Crippen LogP contribution >= 0.6 is 0 Å². The number of methoxy groups -OCH3 is 2. The van der Waals surface area contributed by atoms with Gasteiger partial charge in [-0.3, -0.25) is 4.99 Å². The van der Waals surface area contributed by atoms with Crippen molar-refractivity contribution in [2.75, 3.05) is 40.9 Å². The van der Waals surface area contributed by atoms with Gasteiger partial charge in [0.25, 0.3) is 0 Å². The van der Waals surface area contributed by atoms with E-state index in [-0.39, 0.29) is 0 Å². The number of guanidine groups is 1. The summed E-state index contributed by atoms with van der Waals surface area (Å²) in [5.74, 6) is 2.34. The van der Waals surface area contributed by atoms with Crippen LogP contribution in [0.15, 0.2) is 23.2 Å². The molecule has 0 atom stereocenters. The molecule has 0 bridgehead atoms. The minimum Gasteiger partial charge on any atom is -0.493 e. The third-order valence-corrected chi connectivity index (χ3v) is 4.62. The van der Waals surface area contributed by atoms with E-state index in [1.807, 2.05) is 25.2 Å². The lowest BCUT2D eigenvalue weighted by molar-refractivity contribution is 0.206. The van der Waals surface area contributed by atoms with Crippen LogP contribution in [-0.4, -0.2) is 57.8 Å². The number of hydrogen-bond acceptors (Lipinski definition) is 4. The molecule has 0 unspecified atom stereocenters. The zero-order valence-corrected chi connectivity index (χ0v) is 16.0. The Morgan fingerprint density at radius 3 is 2.60 bits per heavy atom. The molecule has 0 spiro atoms. The second kappa shape index (κ2) is 10.1. The number of likely N-dealkylation sites (tertiary alicyclic amines) is 1. The van der Waals surface area contributed by atoms with Gasteiger partial charge in [0.15, 0.2) is 17.5 Å². The van der Waals surface area contributed by atoms with Gasteiger partial charge in [0.1, 0.15) is 0 Å². The molecule has 1 heterocycles. The first-order chi connectivity index (χ1) is 12.2. The van der Waals surface area contributed by atoms with Gasteiger partial charge in [-0.1, -0.05) is 19.1 Å². The average Bonchev–Trinajstić information content (AvgIpc) is 2.66. The lowest BCUT2D eigenvalue weighted by Gasteiger charge is -2.32. The number of nitrogens with one attached hydrogen (secondary N) is 2. The molecule has 0 aromatic heterocycles. The van der Waals surface area contributed by atoms with Crippen LogP contribution in [-0.2, 0) is 6.54 Å². The standard InChI is InChI=1S/C19H32N4O2/c1-5-11-23-12-9-16(10-13-23)22-19(20-2)21-14-15-7-6-8-17(24-3)18(15)25-4/h6-8,16H,5,9-14H2,1-4H3,(H2,20,21,22). The molecular weight excluding hydrogens is 316 g/mol. The lowest BCUT2D eigenvalue weighted by atomic mass is 10.1. The van der Waals surface area contributed by atoms with Gasteiger partial charge >= 0.3 is 0 Å². The number of hydrogen-bond donors (Lipinski definition) is 2. The smallest absolute Gasteiger partial charge is 0.191 e. The monoisotopic (exact) mass is 348 g/mol. The van der Waals surface area contributed by atoms with Gasteiger partial charge in [-0.05, 0) is 31.9 Å². The van der Waals surface area contributed by atoms with E-state index >= 15 is 0 Å². The molecule has 1 aliphatic rings. The highest BCUT2D eigenvalue weighted by Gasteiger charge is 2.19. The van der Waals surface area contributed by atoms with Crippen molar-refractivity contribution in [3.63, 3.8) is 0 Å². The number of para-hydroxylation sites is 1. The third kappa shape index (κ3) is 5.53. The van der Waals surface area contributed by atoms with Crippen LogP contribution in [0.2, 0.25) is 0 Å². The SMILES string of the molecule is CCCN1CCC(NC(=NC)NCc2cccc(OC)c2OC)CC1. The molecule has 1 aromatic rings. The van der Waals surface area contributed by atoms with Gasteiger partial charge in [-0.25, -0.2) is 0 Å². The van der Waals surface area contributed by atoms with Crippen molar-refractivity contribution < 1.29 is 9.47 Å². The largest absolute Gasteiger partial charge is 0.493 e. The number of aliphatic imine (C=N–C) groups is 1. The number of rotatable bonds is 7. The molecule has 0 saturated carbocycles. The Hall–Kier alpha value is -1.95. The highest BCUT2D eigenvalue weighted by molar-refractivity contribution is 5.80. The first-order valence-corrected chi connectivity index (χ1v) is 9.11. The quantitative estimate of drug-likeness (QED) is 0.585. The minimum absolute atomic E-state index is 0.478. The van der Waals surface area contributed by atoms with Gasteiger partial charge in [-0.2, -0.15) is 0 Å². The fourth-order valence-corrected chi connectivity index (χ4v) is 3.28. The first-order valence-electron chi connectivity index (χ1n) is 9.11. The topological polar surface area (TPSA) is 58.1 Å². The van der Waals surface area contributed by atoms with Crippen LogP contribution in [0.1, 0.15) is 31.7 Å². The van der Waals surface area contributed by atoms with Crippen LogP contribution in [0.25, 0.3) is 0 Å². The maximum Gasteiger partial charge on any atom is 0.191 e. The van der Waals surface area contributed by atoms with E-state index in [4.69, 9.17) is 9.47 Å². The normalized spacial score (nSPS) is 16.6. The highest BCUT2D eigenvalue weighted by Crippen LogP contribution is 2.30. The Labute approximate surface area is 151 Å². The number of nitrogens with zero attached hydrogens (tertiary/aromatic N) is 2. The van der Waals surface area contributed by atoms with Crippen molar-refractivity contribution in [2.24, 2.45) is 4.99 Å². The molecule has 6 heteroatoms. The Kier molecular flexibility index (Phi) is 7.85. The summed E-state index contributed by atoms with van der Waals surface area (Å²) in [6.07, 6.45) is 3.54. The van der Waals surface area contributed by atoms with E-state index in [0.717, 1.165) is 49.0 Å². The highest BCUT2D eigenvalue weighted by atomic mass is 16.5. The summed E-state index contributed by atoms with van der Waals surface area (Å²) in [4.78, 5) is 6.90. The Morgan fingerprint density at radius 1 is 1.24 bits per heavy atom. The van der Waals surface area contributed by atoms with Gasteiger partial charge in [0, 0.05) is 38.3 Å². The minimum atomic E-state index is 0.478. The van der Waals surface area contributed by atoms with Crippen LogP contribution in [0, 0.1) is 0 Å². The Balaban J connectivity index is 1.87. The van der Waals surface area contributed by atoms with Gasteiger partial charge in [-0.15, -0.1) is 0 Å². The molecule has 2 N–H and O–H groups in total. The third-order valence-electron chi connectivity index (χ3n) is 4.62. The predicted octanol–water partition coefficient (Wildman–Crippen LogP) is 2.24. The average molecular weight is 348 g/mol. The van der Waals surface area contributed by atoms with Crippen LogP contribution in [0.5, 0.6) is 11.5 Å². The number of piperidine rings is 1. The van der Waals surface area contributed by atoms with E-state index in [2.05, 4.69) is 27.4 Å². The van der Waals surface area contributed by atoms with Crippen molar-refractivity contribution in [1.29, 1.82) is 0 Å². The second-order valence-electron chi connectivity index (χ2n) is 6.34. The summed E-state index contributed by atoms with van der Waals surface area (Å²) in [5.41, 5.74) is 1.04. The van der Waals surface area contributed by atoms with Crippen LogP contribution < -0.4 is 20.1 Å². The molecule has 1 aliphatic heterocycles. The second-order valence-corrected chi connectivity index (χ2v) is 6.34. The molecule has 140 valence electrons. The zero-order valence-electron chi connectivity index (χ0n) is 16.0. The number of ether oxygens (including phenoxy) is 2. The van der Waals surface area contributed by atoms with E-state index in [1.165, 1.54) is 13.0 Å². The molecule has 0 aliphatic carbocycles. The predicted molar refractivity (Wildman–Crippen MR) is 103 cm³/mol. The van der Waals surface area contributed by atoms with Gasteiger partial charge in [0.2, 0.25) is 0 Å². The molecule has 1 fully saturated rings. The molecular formula is C19H32N4O2. The summed E-state index contributed by atoms with van der Waals surface area (Å²) < 4.78 is 10.8. The first kappa shape index (κ1) is 19.4. The van der Waals surface area contributed by atoms with Gasteiger partial charge < -0.3 is 25.0 Å². The molecule has 1 aromatic carbocycles. The van der Waals surface area contributed by atoms with Crippen LogP contribution in [0.3, 0.4) is 0 Å². The van der Waals surface area contributed by atoms with Crippen molar-refractivity contribution >= 4 is 5.96 Å². The number of benzene rings is 1. The fourth-order valence-electron chi connectivity index (χ4n) is 3.28. The maximum absolute atomic E-state index is 5.49. The van der Waals surface area contributed by atoms with Crippen molar-refractivity contribution in [3.8, 4) is 11.5 Å². The summed E-state index contributed by atoms with van der Waals surface area (Å²) in [7, 11) is 5.13. The van der Waals surface area contributed by atoms with E-state index in [0.29, 0.717) is 12.6 Å². The van der Waals surface area contributed by atoms with Gasteiger partial charge in [0.05, 0.1) is 14.2 Å². The summed E-state index contributed by atoms with van der Waals surface area (Å²) >= 11 is 0. The fraction of sp³-hybridized carbons (Fsp3) is 0.632. The van der Waals surface area contributed by atoms with Crippen molar-refractivity contribution in [3.05, 3.63) is 23.8 Å². The van der Waals surface area contributed by atoms with E-state index in [1.54, 1.807) is 14.2 Å². The summed E-state index contributed by atoms with van der Waals surface area (Å²) in [5, 5.41) is 6.93. The molecule has 1 saturated heterocycles. The molecule has 2 rings (SSSR count). The molecule has 25 heavy (non-hydrogen) atoms. The van der Waals surface area contributed by atoms with Crippen molar-refractivity contribution in [2.45, 2.75) is 38.8 Å². The zero-order chi connectivity index (χ0) is 18.1. The van der Waals surface area contributed by atoms with E-state index < -0.39 is 0 Å². The van der Waals surface area contributed by atoms with Crippen molar-refractivity contribution in [1.82, 2.24) is 15.5 Å². The Bertz CT molecular complexity index is 554. The maximum atomic E-state index is 5.49. The summed E-state index contributed by atoms with van der Waals surface area (Å²) in [6, 6.07) is 6.38. The molecule has 0 radical (unpaired) electrons. The summed E-state index contributed by atoms with van der Waals surface area (Å²) in [6.45, 7) is 6.39.